The highest BCUT2D eigenvalue weighted by molar-refractivity contribution is 5.85. The maximum atomic E-state index is 12.8. The maximum absolute atomic E-state index is 12.8. The molecular formula is C27H32N2O5. The van der Waals surface area contributed by atoms with Crippen molar-refractivity contribution in [2.24, 2.45) is 0 Å². The number of fused-ring (bicyclic) bond motifs is 3. The van der Waals surface area contributed by atoms with Gasteiger partial charge in [0.2, 0.25) is 5.91 Å². The second-order valence-electron chi connectivity index (χ2n) is 9.36. The molecule has 0 aromatic heterocycles. The van der Waals surface area contributed by atoms with Gasteiger partial charge in [0.05, 0.1) is 5.54 Å². The number of alkyl carbamates (subject to hydrolysis) is 1. The van der Waals surface area contributed by atoms with Crippen molar-refractivity contribution in [1.29, 1.82) is 0 Å². The maximum Gasteiger partial charge on any atom is 0.407 e. The van der Waals surface area contributed by atoms with E-state index in [1.807, 2.05) is 31.2 Å². The van der Waals surface area contributed by atoms with Crippen molar-refractivity contribution in [2.75, 3.05) is 6.61 Å². The number of amides is 2. The fraction of sp³-hybridized carbons (Fsp3) is 0.444. The van der Waals surface area contributed by atoms with Gasteiger partial charge in [0.1, 0.15) is 12.6 Å². The molecule has 0 saturated heterocycles. The van der Waals surface area contributed by atoms with Crippen LogP contribution in [0.15, 0.2) is 48.5 Å². The second-order valence-corrected chi connectivity index (χ2v) is 9.36. The van der Waals surface area contributed by atoms with Crippen LogP contribution < -0.4 is 10.6 Å². The third-order valence-electron chi connectivity index (χ3n) is 6.98. The largest absolute Gasteiger partial charge is 0.480 e. The molecule has 4 rings (SSSR count). The summed E-state index contributed by atoms with van der Waals surface area (Å²) in [6, 6.07) is 15.4. The molecule has 0 radical (unpaired) electrons. The Hall–Kier alpha value is -3.35. The van der Waals surface area contributed by atoms with Crippen LogP contribution in [0.5, 0.6) is 0 Å². The average Bonchev–Trinajstić information content (AvgIpc) is 3.39. The van der Waals surface area contributed by atoms with Crippen molar-refractivity contribution in [2.45, 2.75) is 69.4 Å². The van der Waals surface area contributed by atoms with Gasteiger partial charge in [-0.25, -0.2) is 9.59 Å². The lowest BCUT2D eigenvalue weighted by Gasteiger charge is -2.30. The van der Waals surface area contributed by atoms with Crippen LogP contribution in [0.3, 0.4) is 0 Å². The first-order chi connectivity index (χ1) is 16.4. The Balaban J connectivity index is 1.39. The zero-order valence-electron chi connectivity index (χ0n) is 19.5. The average molecular weight is 465 g/mol. The number of ether oxygens (including phenoxy) is 1. The van der Waals surface area contributed by atoms with Crippen LogP contribution in [0.2, 0.25) is 0 Å². The van der Waals surface area contributed by atoms with Crippen molar-refractivity contribution in [3.8, 4) is 11.1 Å². The van der Waals surface area contributed by atoms with E-state index in [1.165, 1.54) is 0 Å². The molecule has 1 atom stereocenters. The lowest BCUT2D eigenvalue weighted by Crippen LogP contribution is -2.51. The van der Waals surface area contributed by atoms with Crippen LogP contribution in [-0.4, -0.2) is 41.3 Å². The van der Waals surface area contributed by atoms with Gasteiger partial charge >= 0.3 is 12.1 Å². The van der Waals surface area contributed by atoms with E-state index in [2.05, 4.69) is 34.9 Å². The van der Waals surface area contributed by atoms with Crippen molar-refractivity contribution in [3.63, 3.8) is 0 Å². The number of benzene rings is 2. The van der Waals surface area contributed by atoms with E-state index in [4.69, 9.17) is 4.74 Å². The van der Waals surface area contributed by atoms with Gasteiger partial charge in [-0.15, -0.1) is 0 Å². The fourth-order valence-corrected chi connectivity index (χ4v) is 5.35. The molecule has 180 valence electrons. The molecule has 34 heavy (non-hydrogen) atoms. The number of carbonyl (C=O) groups is 3. The predicted molar refractivity (Wildman–Crippen MR) is 128 cm³/mol. The Bertz CT molecular complexity index is 1010. The topological polar surface area (TPSA) is 105 Å². The van der Waals surface area contributed by atoms with Crippen molar-refractivity contribution < 1.29 is 24.2 Å². The van der Waals surface area contributed by atoms with E-state index in [0.29, 0.717) is 25.7 Å². The van der Waals surface area contributed by atoms with Gasteiger partial charge < -0.3 is 20.5 Å². The lowest BCUT2D eigenvalue weighted by molar-refractivity contribution is -0.142. The molecule has 0 heterocycles. The number of rotatable bonds is 9. The minimum atomic E-state index is -1.04. The molecule has 0 bridgehead atoms. The van der Waals surface area contributed by atoms with Gasteiger partial charge in [-0.1, -0.05) is 74.7 Å². The highest BCUT2D eigenvalue weighted by Gasteiger charge is 2.39. The van der Waals surface area contributed by atoms with E-state index >= 15 is 0 Å². The predicted octanol–water partition coefficient (Wildman–Crippen LogP) is 4.60. The molecule has 2 aromatic rings. The van der Waals surface area contributed by atoms with Gasteiger partial charge in [0.15, 0.2) is 0 Å². The minimum absolute atomic E-state index is 0.0358. The Kier molecular flexibility index (Phi) is 7.20. The highest BCUT2D eigenvalue weighted by Crippen LogP contribution is 2.44. The molecule has 2 aromatic carbocycles. The zero-order chi connectivity index (χ0) is 24.1. The summed E-state index contributed by atoms with van der Waals surface area (Å²) in [5.41, 5.74) is 3.90. The van der Waals surface area contributed by atoms with Crippen molar-refractivity contribution in [1.82, 2.24) is 10.6 Å². The van der Waals surface area contributed by atoms with E-state index in [-0.39, 0.29) is 24.9 Å². The van der Waals surface area contributed by atoms with E-state index in [0.717, 1.165) is 35.1 Å². The highest BCUT2D eigenvalue weighted by atomic mass is 16.5. The molecule has 7 nitrogen and oxygen atoms in total. The molecule has 2 amide bonds. The number of carbonyl (C=O) groups excluding carboxylic acids is 2. The first-order valence-corrected chi connectivity index (χ1v) is 12.1. The monoisotopic (exact) mass is 464 g/mol. The Labute approximate surface area is 199 Å². The number of carboxylic acid groups (broad SMARTS) is 1. The number of hydrogen-bond donors (Lipinski definition) is 3. The molecule has 2 aliphatic rings. The van der Waals surface area contributed by atoms with Gasteiger partial charge in [-0.2, -0.15) is 0 Å². The number of nitrogens with one attached hydrogen (secondary N) is 2. The molecule has 2 aliphatic carbocycles. The third kappa shape index (κ3) is 5.08. The summed E-state index contributed by atoms with van der Waals surface area (Å²) in [5, 5.41) is 14.9. The summed E-state index contributed by atoms with van der Waals surface area (Å²) in [6.07, 6.45) is 3.65. The number of hydrogen-bond acceptors (Lipinski definition) is 4. The molecule has 0 spiro atoms. The van der Waals surface area contributed by atoms with Crippen LogP contribution in [0, 0.1) is 0 Å². The van der Waals surface area contributed by atoms with Gasteiger partial charge in [0.25, 0.3) is 0 Å². The second kappa shape index (κ2) is 10.3. The molecule has 1 saturated carbocycles. The van der Waals surface area contributed by atoms with Crippen molar-refractivity contribution >= 4 is 18.0 Å². The summed E-state index contributed by atoms with van der Waals surface area (Å²) < 4.78 is 5.69. The van der Waals surface area contributed by atoms with E-state index < -0.39 is 23.6 Å². The summed E-state index contributed by atoms with van der Waals surface area (Å²) in [6.45, 7) is 2.08. The van der Waals surface area contributed by atoms with Crippen LogP contribution in [0.25, 0.3) is 11.1 Å². The normalized spacial score (nSPS) is 16.9. The Morgan fingerprint density at radius 1 is 1.03 bits per heavy atom. The first-order valence-electron chi connectivity index (χ1n) is 12.1. The van der Waals surface area contributed by atoms with E-state index in [9.17, 15) is 19.5 Å². The molecule has 7 heteroatoms. The minimum Gasteiger partial charge on any atom is -0.480 e. The molecule has 0 unspecified atom stereocenters. The third-order valence-corrected chi connectivity index (χ3v) is 6.98. The van der Waals surface area contributed by atoms with Gasteiger partial charge in [-0.05, 0) is 41.5 Å². The zero-order valence-corrected chi connectivity index (χ0v) is 19.5. The van der Waals surface area contributed by atoms with Crippen LogP contribution >= 0.6 is 0 Å². The Morgan fingerprint density at radius 2 is 1.62 bits per heavy atom. The molecule has 1 fully saturated rings. The number of carboxylic acids is 1. The van der Waals surface area contributed by atoms with Crippen LogP contribution in [0.1, 0.15) is 68.9 Å². The summed E-state index contributed by atoms with van der Waals surface area (Å²) in [5.74, 6) is -1.44. The summed E-state index contributed by atoms with van der Waals surface area (Å²) in [7, 11) is 0. The van der Waals surface area contributed by atoms with Crippen molar-refractivity contribution in [3.05, 3.63) is 59.7 Å². The Morgan fingerprint density at radius 3 is 2.18 bits per heavy atom. The lowest BCUT2D eigenvalue weighted by atomic mass is 9.92. The van der Waals surface area contributed by atoms with Gasteiger partial charge in [0, 0.05) is 12.3 Å². The molecule has 3 N–H and O–H groups in total. The van der Waals surface area contributed by atoms with Crippen LogP contribution in [-0.2, 0) is 14.3 Å². The standard InChI is InChI=1S/C27H32N2O5/c1-2-9-23(25(31)32)28-24(30)16-27(14-7-8-15-27)29-26(33)34-17-22-20-12-5-3-10-18(20)19-11-4-6-13-21(19)22/h3-6,10-13,22-23H,2,7-9,14-17H2,1H3,(H,28,30)(H,29,33)(H,31,32)/t23-/m1/s1. The SMILES string of the molecule is CCC[C@@H](NC(=O)CC1(NC(=O)OCC2c3ccccc3-c3ccccc32)CCCC1)C(=O)O. The van der Waals surface area contributed by atoms with E-state index in [1.54, 1.807) is 0 Å². The first kappa shape index (κ1) is 23.8. The van der Waals surface area contributed by atoms with Crippen LogP contribution in [0.4, 0.5) is 4.79 Å². The summed E-state index contributed by atoms with van der Waals surface area (Å²) in [4.78, 5) is 36.9. The smallest absolute Gasteiger partial charge is 0.407 e. The molecule has 0 aliphatic heterocycles. The molecular weight excluding hydrogens is 432 g/mol. The van der Waals surface area contributed by atoms with Gasteiger partial charge in [-0.3, -0.25) is 4.79 Å². The quantitative estimate of drug-likeness (QED) is 0.503. The summed E-state index contributed by atoms with van der Waals surface area (Å²) >= 11 is 0. The number of aliphatic carboxylic acids is 1. The fourth-order valence-electron chi connectivity index (χ4n) is 5.35.